The molecule has 0 aromatic rings. The SMILES string of the molecule is CCCCCCCC(C)(C)CO[SiH3]. The fraction of sp³-hybridized carbons (Fsp3) is 1.00. The van der Waals surface area contributed by atoms with E-state index in [1.54, 1.807) is 0 Å². The Morgan fingerprint density at radius 2 is 1.69 bits per heavy atom. The third kappa shape index (κ3) is 8.51. The Kier molecular flexibility index (Phi) is 7.67. The molecule has 0 heterocycles. The number of unbranched alkanes of at least 4 members (excludes halogenated alkanes) is 4. The molecular weight excluding hydrogens is 176 g/mol. The zero-order valence-electron chi connectivity index (χ0n) is 9.86. The van der Waals surface area contributed by atoms with Gasteiger partial charge < -0.3 is 4.43 Å². The summed E-state index contributed by atoms with van der Waals surface area (Å²) in [6.45, 7) is 7.84. The summed E-state index contributed by atoms with van der Waals surface area (Å²) in [5.74, 6) is 0. The lowest BCUT2D eigenvalue weighted by Crippen LogP contribution is -2.18. The van der Waals surface area contributed by atoms with Crippen LogP contribution in [0.4, 0.5) is 0 Å². The highest BCUT2D eigenvalue weighted by molar-refractivity contribution is 5.97. The van der Waals surface area contributed by atoms with Crippen molar-refractivity contribution >= 4 is 10.5 Å². The lowest BCUT2D eigenvalue weighted by molar-refractivity contribution is 0.177. The first kappa shape index (κ1) is 13.2. The van der Waals surface area contributed by atoms with Gasteiger partial charge in [-0.1, -0.05) is 52.9 Å². The predicted molar refractivity (Wildman–Crippen MR) is 63.0 cm³/mol. The maximum atomic E-state index is 5.32. The summed E-state index contributed by atoms with van der Waals surface area (Å²) in [5, 5.41) is 0. The molecule has 0 radical (unpaired) electrons. The molecule has 1 nitrogen and oxygen atoms in total. The fourth-order valence-electron chi connectivity index (χ4n) is 1.67. The van der Waals surface area contributed by atoms with Crippen molar-refractivity contribution in [2.24, 2.45) is 5.41 Å². The molecule has 0 saturated heterocycles. The quantitative estimate of drug-likeness (QED) is 0.434. The van der Waals surface area contributed by atoms with Crippen molar-refractivity contribution in [1.29, 1.82) is 0 Å². The molecule has 2 heteroatoms. The standard InChI is InChI=1S/C11H26OSi/c1-4-5-6-7-8-9-11(2,3)10-12-13/h4-10H2,1-3,13H3. The summed E-state index contributed by atoms with van der Waals surface area (Å²) in [4.78, 5) is 0. The van der Waals surface area contributed by atoms with E-state index in [0.717, 1.165) is 17.1 Å². The van der Waals surface area contributed by atoms with Crippen LogP contribution in [0.5, 0.6) is 0 Å². The van der Waals surface area contributed by atoms with Gasteiger partial charge in [-0.15, -0.1) is 0 Å². The number of rotatable bonds is 8. The molecule has 0 saturated carbocycles. The van der Waals surface area contributed by atoms with Crippen molar-refractivity contribution in [3.8, 4) is 0 Å². The smallest absolute Gasteiger partial charge is 0.145 e. The molecule has 0 bridgehead atoms. The normalized spacial score (nSPS) is 12.2. The Bertz CT molecular complexity index is 113. The summed E-state index contributed by atoms with van der Waals surface area (Å²) in [5.41, 5.74) is 0.411. The van der Waals surface area contributed by atoms with Gasteiger partial charge in [0, 0.05) is 6.61 Å². The summed E-state index contributed by atoms with van der Waals surface area (Å²) >= 11 is 0. The van der Waals surface area contributed by atoms with Crippen molar-refractivity contribution in [3.63, 3.8) is 0 Å². The molecule has 0 unspecified atom stereocenters. The Morgan fingerprint density at radius 3 is 2.23 bits per heavy atom. The van der Waals surface area contributed by atoms with Gasteiger partial charge in [0.1, 0.15) is 10.5 Å². The molecular formula is C11H26OSi. The summed E-state index contributed by atoms with van der Waals surface area (Å²) in [6, 6.07) is 0. The molecule has 80 valence electrons. The second kappa shape index (κ2) is 7.57. The third-order valence-electron chi connectivity index (χ3n) is 2.49. The zero-order chi connectivity index (χ0) is 10.2. The van der Waals surface area contributed by atoms with Gasteiger partial charge in [-0.05, 0) is 11.8 Å². The van der Waals surface area contributed by atoms with Crippen molar-refractivity contribution < 1.29 is 4.43 Å². The second-order valence-corrected chi connectivity index (χ2v) is 5.34. The Hall–Kier alpha value is 0.177. The van der Waals surface area contributed by atoms with Crippen LogP contribution in [0.25, 0.3) is 0 Å². The van der Waals surface area contributed by atoms with E-state index in [1.807, 2.05) is 0 Å². The molecule has 0 aromatic carbocycles. The van der Waals surface area contributed by atoms with E-state index in [-0.39, 0.29) is 0 Å². The molecule has 0 aliphatic rings. The predicted octanol–water partition coefficient (Wildman–Crippen LogP) is 2.67. The van der Waals surface area contributed by atoms with E-state index >= 15 is 0 Å². The summed E-state index contributed by atoms with van der Waals surface area (Å²) in [7, 11) is 0.880. The highest BCUT2D eigenvalue weighted by Crippen LogP contribution is 2.23. The maximum absolute atomic E-state index is 5.32. The maximum Gasteiger partial charge on any atom is 0.145 e. The van der Waals surface area contributed by atoms with Gasteiger partial charge in [0.15, 0.2) is 0 Å². The average molecular weight is 202 g/mol. The van der Waals surface area contributed by atoms with Crippen molar-refractivity contribution in [2.45, 2.75) is 59.3 Å². The number of hydrogen-bond acceptors (Lipinski definition) is 1. The Labute approximate surface area is 86.8 Å². The van der Waals surface area contributed by atoms with E-state index in [9.17, 15) is 0 Å². The Morgan fingerprint density at radius 1 is 1.08 bits per heavy atom. The van der Waals surface area contributed by atoms with Gasteiger partial charge in [0.25, 0.3) is 0 Å². The van der Waals surface area contributed by atoms with Crippen LogP contribution in [0.3, 0.4) is 0 Å². The van der Waals surface area contributed by atoms with Crippen LogP contribution in [-0.2, 0) is 4.43 Å². The molecule has 0 fully saturated rings. The molecule has 0 N–H and O–H groups in total. The van der Waals surface area contributed by atoms with Gasteiger partial charge in [-0.25, -0.2) is 0 Å². The van der Waals surface area contributed by atoms with Crippen LogP contribution in [0.15, 0.2) is 0 Å². The van der Waals surface area contributed by atoms with Crippen LogP contribution < -0.4 is 0 Å². The molecule has 0 aliphatic carbocycles. The van der Waals surface area contributed by atoms with Crippen LogP contribution in [0.2, 0.25) is 0 Å². The van der Waals surface area contributed by atoms with Gasteiger partial charge in [0.05, 0.1) is 0 Å². The minimum Gasteiger partial charge on any atom is -0.427 e. The number of hydrogen-bond donors (Lipinski definition) is 0. The second-order valence-electron chi connectivity index (χ2n) is 4.76. The van der Waals surface area contributed by atoms with Crippen LogP contribution >= 0.6 is 0 Å². The molecule has 0 spiro atoms. The first-order chi connectivity index (χ1) is 6.12. The lowest BCUT2D eigenvalue weighted by atomic mass is 9.88. The lowest BCUT2D eigenvalue weighted by Gasteiger charge is -2.23. The first-order valence-corrected chi connectivity index (χ1v) is 6.43. The summed E-state index contributed by atoms with van der Waals surface area (Å²) in [6.07, 6.45) is 8.24. The minimum absolute atomic E-state index is 0.411. The highest BCUT2D eigenvalue weighted by atomic mass is 28.2. The minimum atomic E-state index is 0.411. The summed E-state index contributed by atoms with van der Waals surface area (Å²) < 4.78 is 5.32. The Balaban J connectivity index is 3.29. The van der Waals surface area contributed by atoms with Crippen LogP contribution in [-0.4, -0.2) is 17.1 Å². The molecule has 0 amide bonds. The van der Waals surface area contributed by atoms with E-state index in [2.05, 4.69) is 20.8 Å². The van der Waals surface area contributed by atoms with E-state index in [0.29, 0.717) is 5.41 Å². The third-order valence-corrected chi connectivity index (χ3v) is 2.78. The first-order valence-electron chi connectivity index (χ1n) is 5.61. The van der Waals surface area contributed by atoms with Crippen molar-refractivity contribution in [2.75, 3.05) is 6.61 Å². The fourth-order valence-corrected chi connectivity index (χ4v) is 2.45. The molecule has 0 rings (SSSR count). The molecule has 0 atom stereocenters. The monoisotopic (exact) mass is 202 g/mol. The van der Waals surface area contributed by atoms with Gasteiger partial charge in [0.2, 0.25) is 0 Å². The van der Waals surface area contributed by atoms with E-state index in [1.165, 1.54) is 38.5 Å². The molecule has 0 aliphatic heterocycles. The topological polar surface area (TPSA) is 9.23 Å². The van der Waals surface area contributed by atoms with Gasteiger partial charge in [-0.3, -0.25) is 0 Å². The van der Waals surface area contributed by atoms with Crippen LogP contribution in [0, 0.1) is 5.41 Å². The zero-order valence-corrected chi connectivity index (χ0v) is 11.9. The molecule has 0 aromatic heterocycles. The van der Waals surface area contributed by atoms with E-state index < -0.39 is 0 Å². The van der Waals surface area contributed by atoms with Gasteiger partial charge in [-0.2, -0.15) is 0 Å². The van der Waals surface area contributed by atoms with E-state index in [4.69, 9.17) is 4.43 Å². The van der Waals surface area contributed by atoms with Gasteiger partial charge >= 0.3 is 0 Å². The highest BCUT2D eigenvalue weighted by Gasteiger charge is 2.15. The molecule has 13 heavy (non-hydrogen) atoms. The van der Waals surface area contributed by atoms with Crippen molar-refractivity contribution in [1.82, 2.24) is 0 Å². The van der Waals surface area contributed by atoms with Crippen molar-refractivity contribution in [3.05, 3.63) is 0 Å². The van der Waals surface area contributed by atoms with Crippen LogP contribution in [0.1, 0.15) is 59.3 Å². The largest absolute Gasteiger partial charge is 0.427 e. The average Bonchev–Trinajstić information content (AvgIpc) is 2.04.